The van der Waals surface area contributed by atoms with E-state index in [0.717, 1.165) is 75.7 Å². The molecule has 1 atom stereocenters. The van der Waals surface area contributed by atoms with Crippen molar-refractivity contribution in [2.75, 3.05) is 33.0 Å². The van der Waals surface area contributed by atoms with Crippen molar-refractivity contribution in [3.8, 4) is 11.5 Å². The van der Waals surface area contributed by atoms with Crippen LogP contribution in [0.2, 0.25) is 0 Å². The molecule has 1 aromatic carbocycles. The predicted molar refractivity (Wildman–Crippen MR) is 124 cm³/mol. The van der Waals surface area contributed by atoms with Gasteiger partial charge in [0.05, 0.1) is 6.54 Å². The molecular formula is C25H36N4O3. The number of hydrogen-bond acceptors (Lipinski definition) is 4. The Labute approximate surface area is 190 Å². The number of hydrogen-bond donors (Lipinski definition) is 2. The summed E-state index contributed by atoms with van der Waals surface area (Å²) in [5.41, 5.74) is 1.38. The zero-order valence-corrected chi connectivity index (χ0v) is 19.2. The fourth-order valence-electron chi connectivity index (χ4n) is 5.35. The number of carbonyl (C=O) groups is 1. The zero-order valence-electron chi connectivity index (χ0n) is 19.2. The van der Waals surface area contributed by atoms with Crippen molar-refractivity contribution >= 4 is 11.9 Å². The Balaban J connectivity index is 1.19. The quantitative estimate of drug-likeness (QED) is 0.525. The minimum atomic E-state index is 0.0992. The first-order valence-corrected chi connectivity index (χ1v) is 12.4. The highest BCUT2D eigenvalue weighted by atomic mass is 16.7. The van der Waals surface area contributed by atoms with Gasteiger partial charge in [-0.25, -0.2) is 0 Å². The smallest absolute Gasteiger partial charge is 0.231 e. The number of nitrogens with one attached hydrogen (secondary N) is 2. The molecule has 0 aromatic heterocycles. The molecule has 7 heteroatoms. The molecule has 5 rings (SSSR count). The first kappa shape index (κ1) is 21.4. The molecule has 1 saturated heterocycles. The SMILES string of the molecule is CCNC(=NCC1(c2ccc3c(c2)OCO3)CC1)NC1CCN(C(=O)C2CCCCC2)C1. The fourth-order valence-corrected chi connectivity index (χ4v) is 5.35. The summed E-state index contributed by atoms with van der Waals surface area (Å²) in [6, 6.07) is 6.56. The number of nitrogens with zero attached hydrogens (tertiary/aromatic N) is 2. The molecular weight excluding hydrogens is 404 g/mol. The number of guanidine groups is 1. The summed E-state index contributed by atoms with van der Waals surface area (Å²) in [6.07, 6.45) is 9.09. The van der Waals surface area contributed by atoms with Gasteiger partial charge in [0.15, 0.2) is 17.5 Å². The molecule has 2 aliphatic heterocycles. The molecule has 2 heterocycles. The minimum Gasteiger partial charge on any atom is -0.454 e. The molecule has 2 N–H and O–H groups in total. The van der Waals surface area contributed by atoms with E-state index in [1.54, 1.807) is 0 Å². The number of ether oxygens (including phenoxy) is 2. The lowest BCUT2D eigenvalue weighted by Gasteiger charge is -2.26. The van der Waals surface area contributed by atoms with Gasteiger partial charge in [-0.3, -0.25) is 9.79 Å². The molecule has 1 amide bonds. The van der Waals surface area contributed by atoms with Gasteiger partial charge < -0.3 is 25.0 Å². The lowest BCUT2D eigenvalue weighted by molar-refractivity contribution is -0.135. The van der Waals surface area contributed by atoms with Crippen LogP contribution in [0, 0.1) is 5.92 Å². The lowest BCUT2D eigenvalue weighted by atomic mass is 9.88. The summed E-state index contributed by atoms with van der Waals surface area (Å²) >= 11 is 0. The zero-order chi connectivity index (χ0) is 22.0. The molecule has 2 saturated carbocycles. The molecule has 7 nitrogen and oxygen atoms in total. The second-order valence-electron chi connectivity index (χ2n) is 9.79. The normalized spacial score (nSPS) is 24.5. The number of fused-ring (bicyclic) bond motifs is 1. The molecule has 3 fully saturated rings. The molecule has 0 spiro atoms. The lowest BCUT2D eigenvalue weighted by Crippen LogP contribution is -2.46. The van der Waals surface area contributed by atoms with Crippen LogP contribution in [0.3, 0.4) is 0 Å². The Morgan fingerprint density at radius 2 is 1.97 bits per heavy atom. The molecule has 0 radical (unpaired) electrons. The van der Waals surface area contributed by atoms with E-state index in [1.807, 2.05) is 6.07 Å². The van der Waals surface area contributed by atoms with Crippen LogP contribution < -0.4 is 20.1 Å². The average molecular weight is 441 g/mol. The number of carbonyl (C=O) groups excluding carboxylic acids is 1. The minimum absolute atomic E-state index is 0.0992. The first-order valence-electron chi connectivity index (χ1n) is 12.4. The Morgan fingerprint density at radius 3 is 2.75 bits per heavy atom. The van der Waals surface area contributed by atoms with Crippen LogP contribution in [-0.4, -0.2) is 55.8 Å². The van der Waals surface area contributed by atoms with Crippen molar-refractivity contribution < 1.29 is 14.3 Å². The van der Waals surface area contributed by atoms with Crippen molar-refractivity contribution in [3.05, 3.63) is 23.8 Å². The number of benzene rings is 1. The molecule has 1 aromatic rings. The van der Waals surface area contributed by atoms with Gasteiger partial charge >= 0.3 is 0 Å². The number of aliphatic imine (C=N–C) groups is 1. The van der Waals surface area contributed by atoms with Crippen LogP contribution in [0.25, 0.3) is 0 Å². The Hall–Kier alpha value is -2.44. The van der Waals surface area contributed by atoms with Gasteiger partial charge in [0.2, 0.25) is 12.7 Å². The summed E-state index contributed by atoms with van der Waals surface area (Å²) in [5, 5.41) is 7.00. The van der Waals surface area contributed by atoms with Gasteiger partial charge in [-0.1, -0.05) is 25.3 Å². The maximum atomic E-state index is 12.9. The maximum absolute atomic E-state index is 12.9. The van der Waals surface area contributed by atoms with Crippen molar-refractivity contribution in [3.63, 3.8) is 0 Å². The van der Waals surface area contributed by atoms with Crippen molar-refractivity contribution in [2.24, 2.45) is 10.9 Å². The third-order valence-corrected chi connectivity index (χ3v) is 7.52. The third-order valence-electron chi connectivity index (χ3n) is 7.52. The maximum Gasteiger partial charge on any atom is 0.231 e. The summed E-state index contributed by atoms with van der Waals surface area (Å²) in [5.74, 6) is 3.15. The average Bonchev–Trinajstić information content (AvgIpc) is 3.23. The second kappa shape index (κ2) is 9.20. The van der Waals surface area contributed by atoms with Crippen LogP contribution in [0.1, 0.15) is 63.9 Å². The Bertz CT molecular complexity index is 861. The van der Waals surface area contributed by atoms with Crippen molar-refractivity contribution in [1.29, 1.82) is 0 Å². The van der Waals surface area contributed by atoms with E-state index < -0.39 is 0 Å². The third kappa shape index (κ3) is 4.52. The van der Waals surface area contributed by atoms with Crippen LogP contribution >= 0.6 is 0 Å². The number of likely N-dealkylation sites (tertiary alicyclic amines) is 1. The molecule has 4 aliphatic rings. The highest BCUT2D eigenvalue weighted by molar-refractivity contribution is 5.81. The van der Waals surface area contributed by atoms with Gasteiger partial charge in [-0.2, -0.15) is 0 Å². The number of amides is 1. The van der Waals surface area contributed by atoms with Gasteiger partial charge in [0.1, 0.15) is 0 Å². The monoisotopic (exact) mass is 440 g/mol. The van der Waals surface area contributed by atoms with Crippen LogP contribution in [0.4, 0.5) is 0 Å². The number of rotatable bonds is 6. The van der Waals surface area contributed by atoms with Crippen molar-refractivity contribution in [2.45, 2.75) is 69.7 Å². The molecule has 32 heavy (non-hydrogen) atoms. The van der Waals surface area contributed by atoms with Gasteiger partial charge in [-0.05, 0) is 56.7 Å². The highest BCUT2D eigenvalue weighted by Crippen LogP contribution is 2.50. The summed E-state index contributed by atoms with van der Waals surface area (Å²) < 4.78 is 11.0. The van der Waals surface area contributed by atoms with Crippen molar-refractivity contribution in [1.82, 2.24) is 15.5 Å². The van der Waals surface area contributed by atoms with E-state index in [2.05, 4.69) is 34.6 Å². The standard InChI is InChI=1S/C25H36N4O3/c1-2-26-24(28-20-10-13-29(15-20)23(30)18-6-4-3-5-7-18)27-16-25(11-12-25)19-8-9-21-22(14-19)32-17-31-21/h8-9,14,18,20H,2-7,10-13,15-17H2,1H3,(H2,26,27,28). The summed E-state index contributed by atoms with van der Waals surface area (Å²) in [6.45, 7) is 5.61. The van der Waals surface area contributed by atoms with E-state index in [-0.39, 0.29) is 17.4 Å². The molecule has 0 bridgehead atoms. The van der Waals surface area contributed by atoms with Crippen LogP contribution in [0.5, 0.6) is 11.5 Å². The first-order chi connectivity index (χ1) is 15.7. The van der Waals surface area contributed by atoms with Gasteiger partial charge in [0.25, 0.3) is 0 Å². The van der Waals surface area contributed by atoms with E-state index in [4.69, 9.17) is 14.5 Å². The van der Waals surface area contributed by atoms with E-state index >= 15 is 0 Å². The Kier molecular flexibility index (Phi) is 6.15. The van der Waals surface area contributed by atoms with Crippen LogP contribution in [-0.2, 0) is 10.2 Å². The van der Waals surface area contributed by atoms with Gasteiger partial charge in [-0.15, -0.1) is 0 Å². The molecule has 1 unspecified atom stereocenters. The highest BCUT2D eigenvalue weighted by Gasteiger charge is 2.45. The molecule has 174 valence electrons. The predicted octanol–water partition coefficient (Wildman–Crippen LogP) is 3.18. The summed E-state index contributed by atoms with van der Waals surface area (Å²) in [7, 11) is 0. The van der Waals surface area contributed by atoms with E-state index in [1.165, 1.54) is 24.8 Å². The van der Waals surface area contributed by atoms with E-state index in [9.17, 15) is 4.79 Å². The van der Waals surface area contributed by atoms with Gasteiger partial charge in [0, 0.05) is 37.0 Å². The second-order valence-corrected chi connectivity index (χ2v) is 9.79. The molecule has 2 aliphatic carbocycles. The topological polar surface area (TPSA) is 75.2 Å². The Morgan fingerprint density at radius 1 is 1.16 bits per heavy atom. The summed E-state index contributed by atoms with van der Waals surface area (Å²) in [4.78, 5) is 19.9. The fraction of sp³-hybridized carbons (Fsp3) is 0.680. The largest absolute Gasteiger partial charge is 0.454 e. The van der Waals surface area contributed by atoms with E-state index in [0.29, 0.717) is 12.7 Å². The van der Waals surface area contributed by atoms with Crippen LogP contribution in [0.15, 0.2) is 23.2 Å².